The first kappa shape index (κ1) is 14.7. The molecule has 24 heavy (non-hydrogen) atoms. The number of rotatable bonds is 4. The predicted octanol–water partition coefficient (Wildman–Crippen LogP) is 5.06. The van der Waals surface area contributed by atoms with E-state index >= 15 is 0 Å². The number of hydrogen-bond acceptors (Lipinski definition) is 2. The third-order valence-electron chi connectivity index (χ3n) is 4.34. The first-order valence-electron chi connectivity index (χ1n) is 8.28. The van der Waals surface area contributed by atoms with E-state index in [2.05, 4.69) is 37.3 Å². The van der Waals surface area contributed by atoms with Gasteiger partial charge in [-0.3, -0.25) is 4.79 Å². The van der Waals surface area contributed by atoms with Gasteiger partial charge in [0.15, 0.2) is 5.78 Å². The number of fused-ring (bicyclic) bond motifs is 3. The Balaban J connectivity index is 1.76. The molecule has 2 nitrogen and oxygen atoms in total. The average Bonchev–Trinajstić information content (AvgIpc) is 2.97. The van der Waals surface area contributed by atoms with Gasteiger partial charge in [-0.1, -0.05) is 43.3 Å². The first-order valence-corrected chi connectivity index (χ1v) is 8.28. The van der Waals surface area contributed by atoms with Crippen molar-refractivity contribution >= 4 is 17.4 Å². The zero-order valence-corrected chi connectivity index (χ0v) is 13.6. The molecule has 2 aromatic carbocycles. The third kappa shape index (κ3) is 2.50. The molecule has 0 radical (unpaired) electrons. The molecular weight excluding hydrogens is 296 g/mol. The van der Waals surface area contributed by atoms with E-state index in [1.165, 1.54) is 0 Å². The molecule has 4 rings (SSSR count). The normalized spacial score (nSPS) is 14.8. The van der Waals surface area contributed by atoms with Crippen LogP contribution >= 0.6 is 0 Å². The van der Waals surface area contributed by atoms with E-state index in [-0.39, 0.29) is 5.78 Å². The van der Waals surface area contributed by atoms with Gasteiger partial charge < -0.3 is 4.74 Å². The van der Waals surface area contributed by atoms with E-state index in [4.69, 9.17) is 4.74 Å². The second kappa shape index (κ2) is 5.97. The first-order chi connectivity index (χ1) is 11.8. The summed E-state index contributed by atoms with van der Waals surface area (Å²) in [5, 5.41) is 0. The Labute approximate surface area is 141 Å². The maximum absolute atomic E-state index is 11.6. The number of para-hydroxylation sites is 1. The van der Waals surface area contributed by atoms with Crippen LogP contribution in [-0.2, 0) is 4.79 Å². The molecule has 0 fully saturated rings. The third-order valence-corrected chi connectivity index (χ3v) is 4.34. The number of ketones is 1. The van der Waals surface area contributed by atoms with Crippen LogP contribution in [0, 0.1) is 0 Å². The molecular formula is C22H18O2. The van der Waals surface area contributed by atoms with Crippen LogP contribution in [0.4, 0.5) is 0 Å². The van der Waals surface area contributed by atoms with Crippen molar-refractivity contribution in [3.63, 3.8) is 0 Å². The minimum Gasteiger partial charge on any atom is -0.493 e. The van der Waals surface area contributed by atoms with E-state index in [9.17, 15) is 4.79 Å². The van der Waals surface area contributed by atoms with Gasteiger partial charge in [0.2, 0.25) is 0 Å². The van der Waals surface area contributed by atoms with Crippen LogP contribution in [0.2, 0.25) is 0 Å². The summed E-state index contributed by atoms with van der Waals surface area (Å²) in [5.74, 6) is 0.967. The Morgan fingerprint density at radius 3 is 2.71 bits per heavy atom. The molecule has 0 atom stereocenters. The van der Waals surface area contributed by atoms with Gasteiger partial charge in [-0.2, -0.15) is 0 Å². The van der Waals surface area contributed by atoms with Crippen molar-refractivity contribution in [3.05, 3.63) is 77.4 Å². The van der Waals surface area contributed by atoms with E-state index in [1.807, 2.05) is 24.3 Å². The molecule has 0 aliphatic heterocycles. The Morgan fingerprint density at radius 1 is 0.958 bits per heavy atom. The molecule has 2 aromatic rings. The second-order valence-corrected chi connectivity index (χ2v) is 6.04. The fourth-order valence-corrected chi connectivity index (χ4v) is 3.20. The fourth-order valence-electron chi connectivity index (χ4n) is 3.20. The van der Waals surface area contributed by atoms with Crippen molar-refractivity contribution in [1.82, 2.24) is 0 Å². The van der Waals surface area contributed by atoms with E-state index in [0.717, 1.165) is 45.6 Å². The van der Waals surface area contributed by atoms with Crippen LogP contribution in [0.25, 0.3) is 22.8 Å². The van der Waals surface area contributed by atoms with Gasteiger partial charge in [0.1, 0.15) is 5.75 Å². The summed E-state index contributed by atoms with van der Waals surface area (Å²) in [6.07, 6.45) is 8.36. The molecule has 0 amide bonds. The number of benzene rings is 2. The molecule has 0 heterocycles. The highest BCUT2D eigenvalue weighted by Crippen LogP contribution is 2.40. The lowest BCUT2D eigenvalue weighted by Gasteiger charge is -2.12. The largest absolute Gasteiger partial charge is 0.493 e. The highest BCUT2D eigenvalue weighted by molar-refractivity contribution is 6.14. The molecule has 0 spiro atoms. The minimum absolute atomic E-state index is 0.0531. The van der Waals surface area contributed by atoms with Crippen LogP contribution in [0.3, 0.4) is 0 Å². The summed E-state index contributed by atoms with van der Waals surface area (Å²) < 4.78 is 5.89. The van der Waals surface area contributed by atoms with Gasteiger partial charge in [-0.25, -0.2) is 0 Å². The van der Waals surface area contributed by atoms with Crippen molar-refractivity contribution in [2.45, 2.75) is 13.3 Å². The van der Waals surface area contributed by atoms with Gasteiger partial charge in [0, 0.05) is 5.56 Å². The fraction of sp³-hybridized carbons (Fsp3) is 0.136. The molecule has 2 heteroatoms. The van der Waals surface area contributed by atoms with Gasteiger partial charge in [-0.05, 0) is 64.6 Å². The smallest absolute Gasteiger partial charge is 0.179 e. The lowest BCUT2D eigenvalue weighted by Crippen LogP contribution is -1.97. The maximum Gasteiger partial charge on any atom is 0.179 e. The second-order valence-electron chi connectivity index (χ2n) is 6.04. The van der Waals surface area contributed by atoms with Crippen LogP contribution in [0.1, 0.15) is 24.5 Å². The van der Waals surface area contributed by atoms with Crippen LogP contribution in [0.15, 0.2) is 66.3 Å². The van der Waals surface area contributed by atoms with Crippen LogP contribution in [0.5, 0.6) is 5.75 Å². The monoisotopic (exact) mass is 314 g/mol. The standard InChI is InChI=1S/C22H18O2/c1-2-11-24-22-6-4-3-5-20(22)15-8-10-19-17(12-15)13-16-7-9-18(23)14-21(16)19/h3-10,12-14H,2,11H2,1H3. The quantitative estimate of drug-likeness (QED) is 0.788. The molecule has 0 saturated carbocycles. The van der Waals surface area contributed by atoms with Gasteiger partial charge in [-0.15, -0.1) is 0 Å². The van der Waals surface area contributed by atoms with Crippen LogP contribution in [-0.4, -0.2) is 12.4 Å². The topological polar surface area (TPSA) is 26.3 Å². The van der Waals surface area contributed by atoms with Crippen molar-refractivity contribution in [2.75, 3.05) is 6.61 Å². The zero-order chi connectivity index (χ0) is 16.5. The Kier molecular flexibility index (Phi) is 3.66. The Morgan fingerprint density at radius 2 is 1.83 bits per heavy atom. The Bertz CT molecular complexity index is 913. The molecule has 2 aliphatic rings. The number of hydrogen-bond donors (Lipinski definition) is 0. The zero-order valence-electron chi connectivity index (χ0n) is 13.6. The SMILES string of the molecule is CCCOc1ccccc1-c1ccc2c(c1)C=C1C=CC(=O)C=C12. The summed E-state index contributed by atoms with van der Waals surface area (Å²) in [5.41, 5.74) is 6.64. The predicted molar refractivity (Wildman–Crippen MR) is 97.8 cm³/mol. The van der Waals surface area contributed by atoms with E-state index < -0.39 is 0 Å². The van der Waals surface area contributed by atoms with Crippen molar-refractivity contribution in [2.24, 2.45) is 0 Å². The van der Waals surface area contributed by atoms with Gasteiger partial charge in [0.05, 0.1) is 6.61 Å². The summed E-state index contributed by atoms with van der Waals surface area (Å²) >= 11 is 0. The van der Waals surface area contributed by atoms with Gasteiger partial charge in [0.25, 0.3) is 0 Å². The number of carbonyl (C=O) groups is 1. The lowest BCUT2D eigenvalue weighted by atomic mass is 9.95. The number of ether oxygens (including phenoxy) is 1. The summed E-state index contributed by atoms with van der Waals surface area (Å²) in [4.78, 5) is 11.6. The van der Waals surface area contributed by atoms with E-state index in [0.29, 0.717) is 6.61 Å². The van der Waals surface area contributed by atoms with Crippen molar-refractivity contribution < 1.29 is 9.53 Å². The van der Waals surface area contributed by atoms with Gasteiger partial charge >= 0.3 is 0 Å². The van der Waals surface area contributed by atoms with E-state index in [1.54, 1.807) is 12.2 Å². The molecule has 0 aromatic heterocycles. The summed E-state index contributed by atoms with van der Waals surface area (Å²) in [7, 11) is 0. The number of carbonyl (C=O) groups excluding carboxylic acids is 1. The minimum atomic E-state index is 0.0531. The molecule has 0 unspecified atom stereocenters. The molecule has 118 valence electrons. The van der Waals surface area contributed by atoms with Crippen LogP contribution < -0.4 is 4.74 Å². The Hall–Kier alpha value is -2.87. The maximum atomic E-state index is 11.6. The highest BCUT2D eigenvalue weighted by atomic mass is 16.5. The lowest BCUT2D eigenvalue weighted by molar-refractivity contribution is -0.110. The molecule has 0 saturated heterocycles. The molecule has 0 bridgehead atoms. The molecule has 0 N–H and O–H groups in total. The summed E-state index contributed by atoms with van der Waals surface area (Å²) in [6.45, 7) is 2.82. The number of allylic oxidation sites excluding steroid dienone is 5. The molecule has 2 aliphatic carbocycles. The van der Waals surface area contributed by atoms with Crippen molar-refractivity contribution in [1.29, 1.82) is 0 Å². The average molecular weight is 314 g/mol. The summed E-state index contributed by atoms with van der Waals surface area (Å²) in [6, 6.07) is 14.5. The van der Waals surface area contributed by atoms with Crippen molar-refractivity contribution in [3.8, 4) is 16.9 Å². The highest BCUT2D eigenvalue weighted by Gasteiger charge is 2.21.